The average molecular weight is 347 g/mol. The molecule has 1 N–H and O–H groups in total. The molecule has 0 bridgehead atoms. The number of amides is 1. The van der Waals surface area contributed by atoms with Gasteiger partial charge in [0.2, 0.25) is 5.91 Å². The number of hydrogen-bond donors (Lipinski definition) is 1. The number of rotatable bonds is 4. The summed E-state index contributed by atoms with van der Waals surface area (Å²) in [5, 5.41) is 11.9. The summed E-state index contributed by atoms with van der Waals surface area (Å²) in [6, 6.07) is 9.59. The summed E-state index contributed by atoms with van der Waals surface area (Å²) < 4.78 is 4.38. The van der Waals surface area contributed by atoms with Crippen molar-refractivity contribution in [3.63, 3.8) is 0 Å². The lowest BCUT2D eigenvalue weighted by Gasteiger charge is -2.35. The molecule has 1 amide bonds. The smallest absolute Gasteiger partial charge is 0.231 e. The first-order valence-corrected chi connectivity index (χ1v) is 8.38. The first kappa shape index (κ1) is 15.8. The molecule has 0 radical (unpaired) electrons. The van der Waals surface area contributed by atoms with Gasteiger partial charge < -0.3 is 5.32 Å². The summed E-state index contributed by atoms with van der Waals surface area (Å²) >= 11 is 7.36. The molecule has 2 aromatic rings. The van der Waals surface area contributed by atoms with Crippen LogP contribution in [0.3, 0.4) is 0 Å². The molecule has 1 saturated carbocycles. The Hall–Kier alpha value is -2.10. The van der Waals surface area contributed by atoms with Crippen molar-refractivity contribution < 1.29 is 4.79 Å². The molecule has 0 saturated heterocycles. The molecular weight excluding hydrogens is 332 g/mol. The van der Waals surface area contributed by atoms with E-state index in [-0.39, 0.29) is 17.9 Å². The third kappa shape index (κ3) is 3.31. The minimum atomic E-state index is -0.0397. The Labute approximate surface area is 143 Å². The Morgan fingerprint density at radius 3 is 2.96 bits per heavy atom. The van der Waals surface area contributed by atoms with Crippen LogP contribution in [0.1, 0.15) is 12.8 Å². The van der Waals surface area contributed by atoms with E-state index in [4.69, 9.17) is 16.9 Å². The van der Waals surface area contributed by atoms with Gasteiger partial charge in [0.15, 0.2) is 6.19 Å². The minimum Gasteiger partial charge on any atom is -0.321 e. The van der Waals surface area contributed by atoms with Crippen LogP contribution in [0.2, 0.25) is 5.02 Å². The number of benzene rings is 1. The fourth-order valence-corrected chi connectivity index (χ4v) is 3.56. The average Bonchev–Trinajstić information content (AvgIpc) is 2.99. The van der Waals surface area contributed by atoms with Crippen molar-refractivity contribution in [3.05, 3.63) is 35.4 Å². The molecule has 1 aromatic carbocycles. The highest BCUT2D eigenvalue weighted by molar-refractivity contribution is 7.09. The highest BCUT2D eigenvalue weighted by atomic mass is 35.5. The zero-order chi connectivity index (χ0) is 16.4. The molecule has 0 unspecified atom stereocenters. The molecule has 0 atom stereocenters. The topological polar surface area (TPSA) is 69.0 Å². The zero-order valence-corrected chi connectivity index (χ0v) is 14.1. The molecule has 1 aliphatic carbocycles. The van der Waals surface area contributed by atoms with Gasteiger partial charge in [0.1, 0.15) is 5.82 Å². The van der Waals surface area contributed by atoms with E-state index in [1.807, 2.05) is 36.5 Å². The first-order valence-electron chi connectivity index (χ1n) is 7.23. The second kappa shape index (κ2) is 6.57. The fourth-order valence-electron chi connectivity index (χ4n) is 2.62. The molecule has 7 heteroatoms. The maximum Gasteiger partial charge on any atom is 0.231 e. The number of hydrogen-bond acceptors (Lipinski definition) is 5. The molecule has 1 heterocycles. The van der Waals surface area contributed by atoms with Crippen LogP contribution >= 0.6 is 23.1 Å². The van der Waals surface area contributed by atoms with Crippen molar-refractivity contribution >= 4 is 34.9 Å². The van der Waals surface area contributed by atoms with Crippen LogP contribution in [-0.4, -0.2) is 23.4 Å². The lowest BCUT2D eigenvalue weighted by molar-refractivity contribution is -0.125. The van der Waals surface area contributed by atoms with Gasteiger partial charge in [0.25, 0.3) is 0 Å². The normalized spacial score (nSPS) is 19.5. The van der Waals surface area contributed by atoms with Crippen LogP contribution in [0.4, 0.5) is 5.82 Å². The van der Waals surface area contributed by atoms with Gasteiger partial charge >= 0.3 is 0 Å². The maximum absolute atomic E-state index is 12.4. The predicted octanol–water partition coefficient (Wildman–Crippen LogP) is 3.28. The Bertz CT molecular complexity index is 763. The number of nitrogens with one attached hydrogen (secondary N) is 1. The van der Waals surface area contributed by atoms with Gasteiger partial charge in [0, 0.05) is 30.1 Å². The number of anilines is 1. The van der Waals surface area contributed by atoms with Crippen LogP contribution in [0.15, 0.2) is 30.3 Å². The Balaban J connectivity index is 1.68. The standard InChI is InChI=1S/C16H15ClN4OS/c1-21(16(22)11-6-13(7-11)19-9-18)15-8-14(23-20-15)10-3-2-4-12(17)5-10/h2-5,8,11,13,19H,6-7H2,1H3. The quantitative estimate of drug-likeness (QED) is 0.681. The van der Waals surface area contributed by atoms with Gasteiger partial charge in [-0.1, -0.05) is 23.7 Å². The number of carbonyl (C=O) groups excluding carboxylic acids is 1. The van der Waals surface area contributed by atoms with Crippen molar-refractivity contribution in [1.82, 2.24) is 9.69 Å². The number of halogens is 1. The number of aromatic nitrogens is 1. The Morgan fingerprint density at radius 2 is 2.26 bits per heavy atom. The fraction of sp³-hybridized carbons (Fsp3) is 0.312. The van der Waals surface area contributed by atoms with E-state index >= 15 is 0 Å². The second-order valence-corrected chi connectivity index (χ2v) is 6.82. The predicted molar refractivity (Wildman–Crippen MR) is 91.2 cm³/mol. The van der Waals surface area contributed by atoms with Gasteiger partial charge in [0.05, 0.1) is 4.88 Å². The van der Waals surface area contributed by atoms with Crippen molar-refractivity contribution in [1.29, 1.82) is 5.26 Å². The van der Waals surface area contributed by atoms with Crippen LogP contribution in [0.25, 0.3) is 10.4 Å². The summed E-state index contributed by atoms with van der Waals surface area (Å²) in [6.45, 7) is 0. The third-order valence-corrected chi connectivity index (χ3v) is 5.10. The van der Waals surface area contributed by atoms with E-state index in [1.165, 1.54) is 11.5 Å². The monoisotopic (exact) mass is 346 g/mol. The van der Waals surface area contributed by atoms with Crippen molar-refractivity contribution in [2.75, 3.05) is 11.9 Å². The third-order valence-electron chi connectivity index (χ3n) is 4.04. The van der Waals surface area contributed by atoms with Gasteiger partial charge in [-0.3, -0.25) is 9.69 Å². The molecule has 0 spiro atoms. The van der Waals surface area contributed by atoms with Crippen molar-refractivity contribution in [3.8, 4) is 16.6 Å². The lowest BCUT2D eigenvalue weighted by Crippen LogP contribution is -2.46. The number of nitriles is 1. The van der Waals surface area contributed by atoms with Crippen LogP contribution in [-0.2, 0) is 4.79 Å². The van der Waals surface area contributed by atoms with E-state index in [1.54, 1.807) is 11.9 Å². The van der Waals surface area contributed by atoms with Gasteiger partial charge in [-0.25, -0.2) is 0 Å². The summed E-state index contributed by atoms with van der Waals surface area (Å²) in [5.74, 6) is 0.651. The van der Waals surface area contributed by atoms with E-state index < -0.39 is 0 Å². The molecule has 1 fully saturated rings. The highest BCUT2D eigenvalue weighted by Crippen LogP contribution is 2.33. The summed E-state index contributed by atoms with van der Waals surface area (Å²) in [7, 11) is 1.74. The molecule has 1 aromatic heterocycles. The molecule has 3 rings (SSSR count). The van der Waals surface area contributed by atoms with E-state index in [0.29, 0.717) is 23.7 Å². The molecular formula is C16H15ClN4OS. The summed E-state index contributed by atoms with van der Waals surface area (Å²) in [4.78, 5) is 15.0. The minimum absolute atomic E-state index is 0.0397. The van der Waals surface area contributed by atoms with E-state index in [0.717, 1.165) is 10.4 Å². The zero-order valence-electron chi connectivity index (χ0n) is 12.5. The molecule has 1 aliphatic rings. The van der Waals surface area contributed by atoms with Crippen molar-refractivity contribution in [2.24, 2.45) is 5.92 Å². The second-order valence-electron chi connectivity index (χ2n) is 5.58. The maximum atomic E-state index is 12.4. The molecule has 23 heavy (non-hydrogen) atoms. The Kier molecular flexibility index (Phi) is 4.51. The van der Waals surface area contributed by atoms with Gasteiger partial charge in [-0.05, 0) is 42.1 Å². The number of nitrogens with zero attached hydrogens (tertiary/aromatic N) is 3. The van der Waals surface area contributed by atoms with Crippen LogP contribution in [0, 0.1) is 17.4 Å². The van der Waals surface area contributed by atoms with E-state index in [9.17, 15) is 4.79 Å². The lowest BCUT2D eigenvalue weighted by atomic mass is 9.79. The van der Waals surface area contributed by atoms with Crippen LogP contribution in [0.5, 0.6) is 0 Å². The SMILES string of the molecule is CN(C(=O)C1CC(NC#N)C1)c1cc(-c2cccc(Cl)c2)sn1. The molecule has 5 nitrogen and oxygen atoms in total. The molecule has 0 aliphatic heterocycles. The van der Waals surface area contributed by atoms with Gasteiger partial charge in [-0.15, -0.1) is 0 Å². The highest BCUT2D eigenvalue weighted by Gasteiger charge is 2.36. The summed E-state index contributed by atoms with van der Waals surface area (Å²) in [6.07, 6.45) is 3.31. The summed E-state index contributed by atoms with van der Waals surface area (Å²) in [5.41, 5.74) is 0.990. The van der Waals surface area contributed by atoms with Gasteiger partial charge in [-0.2, -0.15) is 9.64 Å². The number of carbonyl (C=O) groups is 1. The van der Waals surface area contributed by atoms with E-state index in [2.05, 4.69) is 9.69 Å². The molecule has 118 valence electrons. The van der Waals surface area contributed by atoms with Crippen molar-refractivity contribution in [2.45, 2.75) is 18.9 Å². The largest absolute Gasteiger partial charge is 0.321 e. The first-order chi connectivity index (χ1) is 11.1. The Morgan fingerprint density at radius 1 is 1.48 bits per heavy atom. The van der Waals surface area contributed by atoms with Crippen LogP contribution < -0.4 is 10.2 Å².